The molecule has 0 aliphatic carbocycles. The van der Waals surface area contributed by atoms with Crippen LogP contribution in [0.25, 0.3) is 0 Å². The average molecular weight is 834 g/mol. The first-order chi connectivity index (χ1) is 27.9. The second kappa shape index (κ2) is 19.7. The van der Waals surface area contributed by atoms with Gasteiger partial charge in [0.05, 0.1) is 41.5 Å². The monoisotopic (exact) mass is 833 g/mol. The van der Waals surface area contributed by atoms with E-state index >= 15 is 0 Å². The van der Waals surface area contributed by atoms with Crippen molar-refractivity contribution in [2.75, 3.05) is 6.61 Å². The Morgan fingerprint density at radius 2 is 1.27 bits per heavy atom. The Kier molecular flexibility index (Phi) is 15.2. The molecule has 0 aromatic heterocycles. The van der Waals surface area contributed by atoms with E-state index in [9.17, 15) is 49.5 Å². The molecule has 19 nitrogen and oxygen atoms in total. The van der Waals surface area contributed by atoms with Crippen LogP contribution in [0.1, 0.15) is 68.2 Å². The minimum absolute atomic E-state index is 0.0169. The van der Waals surface area contributed by atoms with Gasteiger partial charge in [-0.2, -0.15) is 0 Å². The van der Waals surface area contributed by atoms with Crippen LogP contribution in [0.5, 0.6) is 0 Å². The summed E-state index contributed by atoms with van der Waals surface area (Å²) in [6, 6.07) is 15.2. The highest BCUT2D eigenvalue weighted by Gasteiger charge is 2.62. The van der Waals surface area contributed by atoms with Crippen molar-refractivity contribution < 1.29 is 92.1 Å². The van der Waals surface area contributed by atoms with Crippen LogP contribution in [0.2, 0.25) is 0 Å². The smallest absolute Gasteiger partial charge is 0.339 e. The number of carbonyl (C=O) groups is 5. The van der Waals surface area contributed by atoms with Gasteiger partial charge in [-0.05, 0) is 71.7 Å². The van der Waals surface area contributed by atoms with E-state index in [2.05, 4.69) is 0 Å². The number of ether oxygens (including phenoxy) is 9. The summed E-state index contributed by atoms with van der Waals surface area (Å²) in [6.07, 6.45) is -24.6. The molecule has 0 bridgehead atoms. The second-order valence-corrected chi connectivity index (χ2v) is 14.9. The van der Waals surface area contributed by atoms with Crippen LogP contribution in [0, 0.1) is 0 Å². The quantitative estimate of drug-likeness (QED) is 0.128. The summed E-state index contributed by atoms with van der Waals surface area (Å²) >= 11 is 0. The number of benzene rings is 2. The highest BCUT2D eigenvalue weighted by atomic mass is 16.8. The van der Waals surface area contributed by atoms with E-state index in [-0.39, 0.29) is 24.0 Å². The maximum Gasteiger partial charge on any atom is 0.339 e. The normalized spacial score (nSPS) is 31.6. The molecule has 3 heterocycles. The number of carbonyl (C=O) groups excluding carboxylic acids is 5. The van der Waals surface area contributed by atoms with Crippen molar-refractivity contribution in [3.63, 3.8) is 0 Å². The van der Waals surface area contributed by atoms with E-state index in [0.717, 1.165) is 0 Å². The molecule has 5 rings (SSSR count). The van der Waals surface area contributed by atoms with Crippen LogP contribution in [0.4, 0.5) is 0 Å². The first-order valence-electron chi connectivity index (χ1n) is 19.0. The van der Waals surface area contributed by atoms with E-state index in [1.165, 1.54) is 71.0 Å². The van der Waals surface area contributed by atoms with Crippen molar-refractivity contribution in [3.8, 4) is 0 Å². The number of carboxylic acids is 1. The van der Waals surface area contributed by atoms with E-state index in [4.69, 9.17) is 42.6 Å². The Morgan fingerprint density at radius 1 is 0.746 bits per heavy atom. The van der Waals surface area contributed by atoms with Gasteiger partial charge in [-0.15, -0.1) is 0 Å². The van der Waals surface area contributed by atoms with Gasteiger partial charge in [-0.1, -0.05) is 36.4 Å². The summed E-state index contributed by atoms with van der Waals surface area (Å²) < 4.78 is 51.8. The lowest BCUT2D eigenvalue weighted by Gasteiger charge is -2.54. The fourth-order valence-electron chi connectivity index (χ4n) is 6.75. The van der Waals surface area contributed by atoms with E-state index < -0.39 is 128 Å². The fraction of sp³-hybridized carbons (Fsp3) is 0.575. The summed E-state index contributed by atoms with van der Waals surface area (Å²) in [5, 5.41) is 56.1. The molecule has 3 saturated heterocycles. The molecule has 2 aromatic carbocycles. The maximum absolute atomic E-state index is 14.0. The molecule has 0 unspecified atom stereocenters. The Bertz CT molecular complexity index is 1760. The molecule has 0 spiro atoms. The molecule has 0 amide bonds. The zero-order valence-electron chi connectivity index (χ0n) is 32.9. The van der Waals surface area contributed by atoms with Crippen molar-refractivity contribution in [2.45, 2.75) is 139 Å². The Morgan fingerprint density at radius 3 is 1.80 bits per heavy atom. The van der Waals surface area contributed by atoms with Gasteiger partial charge in [0.2, 0.25) is 0 Å². The number of rotatable bonds is 15. The standard InChI is InChI=1S/C40H50O19/c1-19(2)52-36(48)29(58-38-28(43)27(42)26(41)21(5)54-38)30(37(49)53-20(3)4)59-39-31(57-35(47)23-14-10-7-11-15-23)32-40(50,17-16-24(55-32)33(44)45)25(56-39)18-51-34(46)22-12-8-6-9-13-22/h6-15,19-21,24-32,38-39,41-43,50H,16-18H2,1-5H3,(H,44,45)/p-1/t21-,24-,25+,26+,27+,28-,29+,30+,31+,32+,38-,39-,40-/m0/s1. The number of aliphatic hydroxyl groups is 4. The Balaban J connectivity index is 1.60. The molecule has 2 aromatic rings. The molecule has 4 N–H and O–H groups in total. The van der Waals surface area contributed by atoms with Gasteiger partial charge in [0.25, 0.3) is 0 Å². The molecule has 13 atom stereocenters. The summed E-state index contributed by atoms with van der Waals surface area (Å²) in [4.78, 5) is 66.8. The van der Waals surface area contributed by atoms with Gasteiger partial charge in [0.15, 0.2) is 30.9 Å². The molecule has 3 aliphatic heterocycles. The van der Waals surface area contributed by atoms with Crippen molar-refractivity contribution in [2.24, 2.45) is 0 Å². The lowest BCUT2D eigenvalue weighted by Crippen LogP contribution is -2.72. The highest BCUT2D eigenvalue weighted by molar-refractivity contribution is 5.90. The second-order valence-electron chi connectivity index (χ2n) is 14.9. The topological polar surface area (TPSA) is 272 Å². The van der Waals surface area contributed by atoms with Crippen LogP contribution in [-0.2, 0) is 57.0 Å². The number of carboxylic acid groups (broad SMARTS) is 1. The van der Waals surface area contributed by atoms with Crippen molar-refractivity contribution in [1.82, 2.24) is 0 Å². The van der Waals surface area contributed by atoms with Gasteiger partial charge in [0.1, 0.15) is 42.7 Å². The number of aliphatic hydroxyl groups excluding tert-OH is 3. The van der Waals surface area contributed by atoms with E-state index in [1.54, 1.807) is 24.3 Å². The molecule has 3 aliphatic rings. The predicted octanol–water partition coefficient (Wildman–Crippen LogP) is -0.676. The van der Waals surface area contributed by atoms with Crippen molar-refractivity contribution >= 4 is 29.8 Å². The zero-order chi connectivity index (χ0) is 43.2. The number of hydrogen-bond acceptors (Lipinski definition) is 19. The van der Waals surface area contributed by atoms with Gasteiger partial charge in [-0.25, -0.2) is 19.2 Å². The number of hydrogen-bond donors (Lipinski definition) is 4. The SMILES string of the molecule is CC(C)OC(=O)[C@H](O[C@@H]1O[C@@H](C)[C@@H](O)[C@@H](O)[C@@H]1O)[C@@H](O[C@@H]1O[C@H](COC(=O)c2ccccc2)[C@@]2(O)CC[C@@H](C(=O)[O-])O[C@@H]2[C@H]1OC(=O)c1ccccc1)C(=O)OC(C)C. The van der Waals surface area contributed by atoms with Crippen molar-refractivity contribution in [1.29, 1.82) is 0 Å². The largest absolute Gasteiger partial charge is 0.547 e. The number of fused-ring (bicyclic) bond motifs is 1. The third-order valence-corrected chi connectivity index (χ3v) is 9.74. The highest BCUT2D eigenvalue weighted by Crippen LogP contribution is 2.43. The molecular weight excluding hydrogens is 784 g/mol. The van der Waals surface area contributed by atoms with Crippen LogP contribution >= 0.6 is 0 Å². The Hall–Kier alpha value is -4.57. The third kappa shape index (κ3) is 10.8. The van der Waals surface area contributed by atoms with Crippen LogP contribution in [0.15, 0.2) is 60.7 Å². The number of aliphatic carboxylic acids is 1. The van der Waals surface area contributed by atoms with Crippen molar-refractivity contribution in [3.05, 3.63) is 71.8 Å². The third-order valence-electron chi connectivity index (χ3n) is 9.74. The lowest BCUT2D eigenvalue weighted by molar-refractivity contribution is -0.374. The van der Waals surface area contributed by atoms with Crippen LogP contribution < -0.4 is 5.11 Å². The molecule has 0 radical (unpaired) electrons. The van der Waals surface area contributed by atoms with Gasteiger partial charge >= 0.3 is 23.9 Å². The summed E-state index contributed by atoms with van der Waals surface area (Å²) in [6.45, 7) is 6.51. The first-order valence-corrected chi connectivity index (χ1v) is 19.0. The first kappa shape index (κ1) is 45.5. The summed E-state index contributed by atoms with van der Waals surface area (Å²) in [5.41, 5.74) is -2.15. The van der Waals surface area contributed by atoms with E-state index in [1.807, 2.05) is 0 Å². The summed E-state index contributed by atoms with van der Waals surface area (Å²) in [7, 11) is 0. The lowest BCUT2D eigenvalue weighted by atomic mass is 9.77. The minimum Gasteiger partial charge on any atom is -0.547 e. The summed E-state index contributed by atoms with van der Waals surface area (Å²) in [5.74, 6) is -6.14. The number of esters is 4. The molecule has 324 valence electrons. The minimum atomic E-state index is -2.28. The maximum atomic E-state index is 14.0. The molecule has 3 fully saturated rings. The zero-order valence-corrected chi connectivity index (χ0v) is 32.9. The molecule has 0 saturated carbocycles. The average Bonchev–Trinajstić information content (AvgIpc) is 3.19. The molecular formula is C40H49O19-. The van der Waals surface area contributed by atoms with Gasteiger partial charge < -0.3 is 73.0 Å². The Labute approximate surface area is 338 Å². The predicted molar refractivity (Wildman–Crippen MR) is 193 cm³/mol. The molecule has 19 heteroatoms. The fourth-order valence-corrected chi connectivity index (χ4v) is 6.75. The van der Waals surface area contributed by atoms with E-state index in [0.29, 0.717) is 0 Å². The van der Waals surface area contributed by atoms with Gasteiger partial charge in [0, 0.05) is 0 Å². The van der Waals surface area contributed by atoms with Crippen LogP contribution in [-0.4, -0.2) is 148 Å². The van der Waals surface area contributed by atoms with Gasteiger partial charge in [-0.3, -0.25) is 0 Å². The van der Waals surface area contributed by atoms with Crippen LogP contribution in [0.3, 0.4) is 0 Å². The molecule has 59 heavy (non-hydrogen) atoms.